The number of hydrogen-bond acceptors (Lipinski definition) is 3. The highest BCUT2D eigenvalue weighted by Gasteiger charge is 2.15. The summed E-state index contributed by atoms with van der Waals surface area (Å²) in [5, 5.41) is 4.94. The van der Waals surface area contributed by atoms with Crippen LogP contribution in [0.25, 0.3) is 11.1 Å². The number of amides is 1. The largest absolute Gasteiger partial charge is 0.384 e. The van der Waals surface area contributed by atoms with E-state index in [9.17, 15) is 4.79 Å². The first-order chi connectivity index (χ1) is 15.3. The molecule has 1 N–H and O–H groups in total. The van der Waals surface area contributed by atoms with Gasteiger partial charge in [0.2, 0.25) is 6.41 Å². The SMILES string of the molecule is O=CN(OCc1ccccc1)c1cccc(-c2cc[c]cc2NCC2CCCCC2)c1. The quantitative estimate of drug-likeness (QED) is 0.333. The predicted octanol–water partition coefficient (Wildman–Crippen LogP) is 6.24. The van der Waals surface area contributed by atoms with Crippen LogP contribution in [0.3, 0.4) is 0 Å². The molecule has 159 valence electrons. The Morgan fingerprint density at radius 2 is 1.87 bits per heavy atom. The molecule has 4 rings (SSSR count). The fourth-order valence-corrected chi connectivity index (χ4v) is 4.17. The van der Waals surface area contributed by atoms with Crippen molar-refractivity contribution in [2.45, 2.75) is 38.7 Å². The molecule has 1 aliphatic carbocycles. The monoisotopic (exact) mass is 413 g/mol. The third-order valence-electron chi connectivity index (χ3n) is 5.89. The average molecular weight is 414 g/mol. The maximum Gasteiger partial charge on any atom is 0.238 e. The molecule has 0 saturated heterocycles. The van der Waals surface area contributed by atoms with Gasteiger partial charge in [-0.3, -0.25) is 9.63 Å². The van der Waals surface area contributed by atoms with Gasteiger partial charge in [0.25, 0.3) is 0 Å². The third-order valence-corrected chi connectivity index (χ3v) is 5.89. The number of hydrogen-bond donors (Lipinski definition) is 1. The standard InChI is InChI=1S/C27H29N2O2/c30-21-29(31-20-23-12-5-2-6-13-23)25-15-9-14-24(18-25)26-16-7-8-17-27(26)28-19-22-10-3-1-4-11-22/h2,5-7,9,12-18,21-22,28H,1,3-4,10-11,19-20H2. The second kappa shape index (κ2) is 10.8. The molecule has 0 heterocycles. The van der Waals surface area contributed by atoms with Gasteiger partial charge in [-0.1, -0.05) is 73.9 Å². The molecule has 3 aromatic rings. The van der Waals surface area contributed by atoms with Crippen LogP contribution in [0, 0.1) is 12.0 Å². The summed E-state index contributed by atoms with van der Waals surface area (Å²) in [5.41, 5.74) is 4.93. The van der Waals surface area contributed by atoms with Crippen LogP contribution in [0.4, 0.5) is 11.4 Å². The van der Waals surface area contributed by atoms with Gasteiger partial charge in [-0.15, -0.1) is 0 Å². The fourth-order valence-electron chi connectivity index (χ4n) is 4.17. The first-order valence-electron chi connectivity index (χ1n) is 11.1. The topological polar surface area (TPSA) is 41.6 Å². The zero-order valence-corrected chi connectivity index (χ0v) is 17.8. The minimum absolute atomic E-state index is 0.332. The van der Waals surface area contributed by atoms with Crippen molar-refractivity contribution in [1.29, 1.82) is 0 Å². The Balaban J connectivity index is 1.48. The highest BCUT2D eigenvalue weighted by atomic mass is 16.7. The van der Waals surface area contributed by atoms with Crippen LogP contribution in [-0.2, 0) is 16.2 Å². The van der Waals surface area contributed by atoms with Gasteiger partial charge < -0.3 is 5.32 Å². The van der Waals surface area contributed by atoms with Gasteiger partial charge in [0.1, 0.15) is 6.61 Å². The van der Waals surface area contributed by atoms with Crippen molar-refractivity contribution in [2.75, 3.05) is 16.9 Å². The van der Waals surface area contributed by atoms with Gasteiger partial charge in [0, 0.05) is 17.8 Å². The molecule has 1 fully saturated rings. The number of nitrogens with zero attached hydrogens (tertiary/aromatic N) is 1. The van der Waals surface area contributed by atoms with Gasteiger partial charge in [-0.25, -0.2) is 0 Å². The Kier molecular flexibility index (Phi) is 7.35. The molecule has 0 spiro atoms. The fraction of sp³-hybridized carbons (Fsp3) is 0.296. The van der Waals surface area contributed by atoms with Crippen molar-refractivity contribution in [2.24, 2.45) is 5.92 Å². The molecule has 0 bridgehead atoms. The molecule has 1 amide bonds. The van der Waals surface area contributed by atoms with E-state index in [1.165, 1.54) is 37.2 Å². The summed E-state index contributed by atoms with van der Waals surface area (Å²) in [5.74, 6) is 0.741. The zero-order valence-electron chi connectivity index (χ0n) is 17.8. The number of rotatable bonds is 9. The molecule has 1 radical (unpaired) electrons. The second-order valence-corrected chi connectivity index (χ2v) is 8.10. The first-order valence-corrected chi connectivity index (χ1v) is 11.1. The Hall–Kier alpha value is -3.11. The van der Waals surface area contributed by atoms with E-state index in [0.717, 1.165) is 34.8 Å². The van der Waals surface area contributed by atoms with Crippen LogP contribution in [-0.4, -0.2) is 13.0 Å². The molecule has 31 heavy (non-hydrogen) atoms. The minimum Gasteiger partial charge on any atom is -0.384 e. The number of benzene rings is 3. The molecule has 0 unspecified atom stereocenters. The predicted molar refractivity (Wildman–Crippen MR) is 126 cm³/mol. The van der Waals surface area contributed by atoms with Crippen LogP contribution in [0.15, 0.2) is 72.8 Å². The van der Waals surface area contributed by atoms with E-state index < -0.39 is 0 Å². The lowest BCUT2D eigenvalue weighted by molar-refractivity contribution is -0.114. The Bertz CT molecular complexity index is 968. The van der Waals surface area contributed by atoms with Crippen LogP contribution < -0.4 is 10.4 Å². The summed E-state index contributed by atoms with van der Waals surface area (Å²) in [7, 11) is 0. The van der Waals surface area contributed by atoms with Gasteiger partial charge >= 0.3 is 0 Å². The molecule has 4 nitrogen and oxygen atoms in total. The Labute approximate surface area is 184 Å². The van der Waals surface area contributed by atoms with E-state index >= 15 is 0 Å². The maximum atomic E-state index is 11.7. The average Bonchev–Trinajstić information content (AvgIpc) is 2.85. The van der Waals surface area contributed by atoms with Crippen molar-refractivity contribution in [1.82, 2.24) is 0 Å². The summed E-state index contributed by atoms with van der Waals surface area (Å²) >= 11 is 0. The van der Waals surface area contributed by atoms with Crippen LogP contribution in [0.5, 0.6) is 0 Å². The van der Waals surface area contributed by atoms with E-state index in [0.29, 0.717) is 18.7 Å². The normalized spacial score (nSPS) is 14.2. The van der Waals surface area contributed by atoms with Crippen LogP contribution >= 0.6 is 0 Å². The highest BCUT2D eigenvalue weighted by molar-refractivity contribution is 5.82. The molecule has 1 aliphatic rings. The summed E-state index contributed by atoms with van der Waals surface area (Å²) in [4.78, 5) is 17.5. The molecule has 4 heteroatoms. The van der Waals surface area contributed by atoms with E-state index in [2.05, 4.69) is 23.5 Å². The van der Waals surface area contributed by atoms with E-state index in [4.69, 9.17) is 4.84 Å². The Morgan fingerprint density at radius 3 is 2.68 bits per heavy atom. The summed E-state index contributed by atoms with van der Waals surface area (Å²) in [6.45, 7) is 1.32. The van der Waals surface area contributed by atoms with Crippen molar-refractivity contribution in [3.8, 4) is 11.1 Å². The molecule has 3 aromatic carbocycles. The van der Waals surface area contributed by atoms with Gasteiger partial charge in [-0.05, 0) is 54.2 Å². The van der Waals surface area contributed by atoms with Gasteiger partial charge in [-0.2, -0.15) is 5.06 Å². The molecule has 0 aromatic heterocycles. The smallest absolute Gasteiger partial charge is 0.238 e. The van der Waals surface area contributed by atoms with Crippen LogP contribution in [0.2, 0.25) is 0 Å². The van der Waals surface area contributed by atoms with Crippen molar-refractivity contribution < 1.29 is 9.63 Å². The number of anilines is 2. The number of carbonyl (C=O) groups excluding carboxylic acids is 1. The summed E-state index contributed by atoms with van der Waals surface area (Å²) in [6.07, 6.45) is 7.37. The molecular formula is C27H29N2O2. The zero-order chi connectivity index (χ0) is 21.3. The van der Waals surface area contributed by atoms with Gasteiger partial charge in [0.05, 0.1) is 5.69 Å². The van der Waals surface area contributed by atoms with E-state index in [1.54, 1.807) is 0 Å². The molecular weight excluding hydrogens is 384 g/mol. The lowest BCUT2D eigenvalue weighted by Gasteiger charge is -2.23. The lowest BCUT2D eigenvalue weighted by atomic mass is 9.89. The van der Waals surface area contributed by atoms with Crippen molar-refractivity contribution in [3.63, 3.8) is 0 Å². The first kappa shape index (κ1) is 21.1. The Morgan fingerprint density at radius 1 is 1.03 bits per heavy atom. The second-order valence-electron chi connectivity index (χ2n) is 8.10. The van der Waals surface area contributed by atoms with E-state index in [-0.39, 0.29) is 0 Å². The van der Waals surface area contributed by atoms with Crippen molar-refractivity contribution in [3.05, 3.63) is 84.4 Å². The third kappa shape index (κ3) is 5.74. The molecule has 1 saturated carbocycles. The summed E-state index contributed by atoms with van der Waals surface area (Å²) < 4.78 is 0. The van der Waals surface area contributed by atoms with Crippen LogP contribution in [0.1, 0.15) is 37.7 Å². The number of hydroxylamine groups is 1. The number of carbonyl (C=O) groups is 1. The lowest BCUT2D eigenvalue weighted by Crippen LogP contribution is -2.21. The summed E-state index contributed by atoms with van der Waals surface area (Å²) in [6, 6.07) is 26.9. The molecule has 0 aliphatic heterocycles. The number of nitrogens with one attached hydrogen (secondary N) is 1. The minimum atomic E-state index is 0.332. The maximum absolute atomic E-state index is 11.7. The molecule has 0 atom stereocenters. The highest BCUT2D eigenvalue weighted by Crippen LogP contribution is 2.31. The van der Waals surface area contributed by atoms with E-state index in [1.807, 2.05) is 60.7 Å². The van der Waals surface area contributed by atoms with Crippen molar-refractivity contribution >= 4 is 17.8 Å². The van der Waals surface area contributed by atoms with Gasteiger partial charge in [0.15, 0.2) is 0 Å².